The second-order valence-corrected chi connectivity index (χ2v) is 6.43. The van der Waals surface area contributed by atoms with E-state index in [1.807, 2.05) is 35.6 Å². The van der Waals surface area contributed by atoms with Crippen molar-refractivity contribution < 1.29 is 14.7 Å². The first kappa shape index (κ1) is 14.0. The van der Waals surface area contributed by atoms with Crippen molar-refractivity contribution in [2.45, 2.75) is 6.92 Å². The summed E-state index contributed by atoms with van der Waals surface area (Å²) in [5.74, 6) is -1.24. The van der Waals surface area contributed by atoms with Gasteiger partial charge >= 0.3 is 5.97 Å². The molecule has 1 amide bonds. The maximum Gasteiger partial charge on any atom is 0.335 e. The quantitative estimate of drug-likeness (QED) is 0.791. The van der Waals surface area contributed by atoms with Gasteiger partial charge in [0.05, 0.1) is 10.4 Å². The minimum atomic E-state index is -1.01. The highest BCUT2D eigenvalue weighted by Gasteiger charge is 2.11. The lowest BCUT2D eigenvalue weighted by atomic mass is 10.2. The van der Waals surface area contributed by atoms with E-state index in [-0.39, 0.29) is 11.5 Å². The molecule has 0 spiro atoms. The number of carbonyl (C=O) groups is 2. The van der Waals surface area contributed by atoms with Crippen LogP contribution in [0.2, 0.25) is 0 Å². The van der Waals surface area contributed by atoms with Gasteiger partial charge in [-0.05, 0) is 59.8 Å². The van der Waals surface area contributed by atoms with E-state index in [4.69, 9.17) is 5.11 Å². The average molecular weight is 387 g/mol. The fraction of sp³-hybridized carbons (Fsp3) is 0.0769. The molecule has 2 rings (SSSR count). The minimum absolute atomic E-state index is 0.157. The van der Waals surface area contributed by atoms with E-state index in [1.54, 1.807) is 18.2 Å². The lowest BCUT2D eigenvalue weighted by molar-refractivity contribution is 0.0696. The monoisotopic (exact) mass is 387 g/mol. The van der Waals surface area contributed by atoms with Crippen molar-refractivity contribution in [3.8, 4) is 0 Å². The lowest BCUT2D eigenvalue weighted by Gasteiger charge is -2.06. The van der Waals surface area contributed by atoms with Crippen molar-refractivity contribution in [2.24, 2.45) is 0 Å². The molecule has 2 N–H and O–H groups in total. The van der Waals surface area contributed by atoms with Gasteiger partial charge in [-0.2, -0.15) is 0 Å². The highest BCUT2D eigenvalue weighted by atomic mass is 127. The molecule has 2 aromatic rings. The summed E-state index contributed by atoms with van der Waals surface area (Å²) in [5, 5.41) is 11.7. The minimum Gasteiger partial charge on any atom is -0.478 e. The molecule has 0 aliphatic carbocycles. The van der Waals surface area contributed by atoms with Crippen LogP contribution in [0.15, 0.2) is 30.3 Å². The molecule has 1 heterocycles. The molecular formula is C13H10INO3S. The third kappa shape index (κ3) is 3.54. The fourth-order valence-electron chi connectivity index (χ4n) is 1.53. The number of halogens is 1. The van der Waals surface area contributed by atoms with Gasteiger partial charge < -0.3 is 10.4 Å². The molecule has 0 unspecified atom stereocenters. The van der Waals surface area contributed by atoms with Crippen molar-refractivity contribution in [1.29, 1.82) is 0 Å². The zero-order chi connectivity index (χ0) is 14.0. The molecule has 0 fully saturated rings. The number of aromatic carboxylic acids is 1. The summed E-state index contributed by atoms with van der Waals surface area (Å²) in [6.45, 7) is 1.93. The van der Waals surface area contributed by atoms with Crippen LogP contribution in [-0.4, -0.2) is 17.0 Å². The highest BCUT2D eigenvalue weighted by Crippen LogP contribution is 2.20. The summed E-state index contributed by atoms with van der Waals surface area (Å²) in [4.78, 5) is 24.6. The Morgan fingerprint density at radius 2 is 2.00 bits per heavy atom. The number of aryl methyl sites for hydroxylation is 1. The van der Waals surface area contributed by atoms with Crippen molar-refractivity contribution >= 4 is 51.5 Å². The normalized spacial score (nSPS) is 10.2. The number of carboxylic acids is 1. The summed E-state index contributed by atoms with van der Waals surface area (Å²) >= 11 is 3.42. The van der Waals surface area contributed by atoms with Gasteiger partial charge in [0, 0.05) is 14.1 Å². The zero-order valence-corrected chi connectivity index (χ0v) is 12.9. The topological polar surface area (TPSA) is 66.4 Å². The van der Waals surface area contributed by atoms with Gasteiger partial charge in [-0.3, -0.25) is 4.79 Å². The lowest BCUT2D eigenvalue weighted by Crippen LogP contribution is -2.11. The van der Waals surface area contributed by atoms with E-state index >= 15 is 0 Å². The van der Waals surface area contributed by atoms with Crippen LogP contribution < -0.4 is 5.32 Å². The van der Waals surface area contributed by atoms with Crippen LogP contribution in [0.4, 0.5) is 5.69 Å². The molecule has 0 atom stereocenters. The molecule has 0 aliphatic heterocycles. The molecule has 19 heavy (non-hydrogen) atoms. The molecular weight excluding hydrogens is 377 g/mol. The van der Waals surface area contributed by atoms with Gasteiger partial charge in [-0.25, -0.2) is 4.79 Å². The van der Waals surface area contributed by atoms with E-state index in [0.29, 0.717) is 10.6 Å². The SMILES string of the molecule is Cc1ccc(C(=O)Nc2cc(I)cc(C(=O)O)c2)s1. The van der Waals surface area contributed by atoms with E-state index in [2.05, 4.69) is 5.32 Å². The van der Waals surface area contributed by atoms with Crippen LogP contribution in [-0.2, 0) is 0 Å². The average Bonchev–Trinajstić information content (AvgIpc) is 2.75. The molecule has 0 radical (unpaired) electrons. The molecule has 1 aromatic heterocycles. The Kier molecular flexibility index (Phi) is 4.20. The van der Waals surface area contributed by atoms with Crippen molar-refractivity contribution in [2.75, 3.05) is 5.32 Å². The number of carboxylic acid groups (broad SMARTS) is 1. The Bertz CT molecular complexity index is 651. The number of hydrogen-bond acceptors (Lipinski definition) is 3. The summed E-state index contributed by atoms with van der Waals surface area (Å²) in [7, 11) is 0. The highest BCUT2D eigenvalue weighted by molar-refractivity contribution is 14.1. The standard InChI is InChI=1S/C13H10INO3S/c1-7-2-3-11(19-7)12(16)15-10-5-8(13(17)18)4-9(14)6-10/h2-6H,1H3,(H,15,16)(H,17,18). The number of carbonyl (C=O) groups excluding carboxylic acids is 1. The number of hydrogen-bond donors (Lipinski definition) is 2. The third-order valence-electron chi connectivity index (χ3n) is 2.37. The molecule has 0 saturated carbocycles. The van der Waals surface area contributed by atoms with Crippen molar-refractivity contribution in [3.05, 3.63) is 49.2 Å². The second-order valence-electron chi connectivity index (χ2n) is 3.90. The van der Waals surface area contributed by atoms with Crippen LogP contribution in [0.5, 0.6) is 0 Å². The van der Waals surface area contributed by atoms with Gasteiger partial charge in [0.1, 0.15) is 0 Å². The summed E-state index contributed by atoms with van der Waals surface area (Å²) in [5.41, 5.74) is 0.643. The van der Waals surface area contributed by atoms with Crippen molar-refractivity contribution in [1.82, 2.24) is 0 Å². The smallest absolute Gasteiger partial charge is 0.335 e. The predicted octanol–water partition coefficient (Wildman–Crippen LogP) is 3.61. The fourth-order valence-corrected chi connectivity index (χ4v) is 2.97. The first-order valence-corrected chi connectivity index (χ1v) is 7.27. The van der Waals surface area contributed by atoms with E-state index in [1.165, 1.54) is 17.4 Å². The molecule has 0 saturated heterocycles. The Hall–Kier alpha value is -1.41. The van der Waals surface area contributed by atoms with Gasteiger partial charge in [-0.15, -0.1) is 11.3 Å². The predicted molar refractivity (Wildman–Crippen MR) is 83.1 cm³/mol. The Labute approximate surface area is 127 Å². The van der Waals surface area contributed by atoms with Gasteiger partial charge in [0.25, 0.3) is 5.91 Å². The van der Waals surface area contributed by atoms with E-state index in [9.17, 15) is 9.59 Å². The number of amides is 1. The zero-order valence-electron chi connectivity index (χ0n) is 9.94. The Morgan fingerprint density at radius 1 is 1.26 bits per heavy atom. The Balaban J connectivity index is 2.23. The summed E-state index contributed by atoms with van der Waals surface area (Å²) < 4.78 is 0.759. The maximum absolute atomic E-state index is 12.0. The summed E-state index contributed by atoms with van der Waals surface area (Å²) in [6.07, 6.45) is 0. The Morgan fingerprint density at radius 3 is 2.58 bits per heavy atom. The van der Waals surface area contributed by atoms with E-state index < -0.39 is 5.97 Å². The van der Waals surface area contributed by atoms with E-state index in [0.717, 1.165) is 8.45 Å². The van der Waals surface area contributed by atoms with Crippen LogP contribution in [0.3, 0.4) is 0 Å². The summed E-state index contributed by atoms with van der Waals surface area (Å²) in [6, 6.07) is 8.35. The number of rotatable bonds is 3. The number of nitrogens with one attached hydrogen (secondary N) is 1. The number of thiophene rings is 1. The molecule has 6 heteroatoms. The largest absolute Gasteiger partial charge is 0.478 e. The molecule has 1 aromatic carbocycles. The number of benzene rings is 1. The first-order valence-electron chi connectivity index (χ1n) is 5.37. The van der Waals surface area contributed by atoms with Crippen molar-refractivity contribution in [3.63, 3.8) is 0 Å². The van der Waals surface area contributed by atoms with Crippen LogP contribution >= 0.6 is 33.9 Å². The molecule has 0 bridgehead atoms. The van der Waals surface area contributed by atoms with Crippen LogP contribution in [0.25, 0.3) is 0 Å². The van der Waals surface area contributed by atoms with Crippen LogP contribution in [0, 0.1) is 10.5 Å². The maximum atomic E-state index is 12.0. The molecule has 98 valence electrons. The van der Waals surface area contributed by atoms with Crippen LogP contribution in [0.1, 0.15) is 24.9 Å². The third-order valence-corrected chi connectivity index (χ3v) is 3.99. The molecule has 0 aliphatic rings. The second kappa shape index (κ2) is 5.70. The van der Waals surface area contributed by atoms with Gasteiger partial charge in [0.2, 0.25) is 0 Å². The number of anilines is 1. The molecule has 4 nitrogen and oxygen atoms in total. The van der Waals surface area contributed by atoms with Gasteiger partial charge in [0.15, 0.2) is 0 Å². The first-order chi connectivity index (χ1) is 8.95. The van der Waals surface area contributed by atoms with Gasteiger partial charge in [-0.1, -0.05) is 0 Å².